The Morgan fingerprint density at radius 2 is 1.46 bits per heavy atom. The molecule has 0 aliphatic heterocycles. The molecule has 2 heteroatoms. The molecule has 0 N–H and O–H groups in total. The standard InChI is InChI=1S/C33H46O2/c1-8-9-10-11-12-13-14-27-22-29-30(33(5,6)20-19-32(29,3)4)23-28(27)24(2)21-25-15-17-26(18-16-25)31(34)35-7/h15-18,21-23H,8-14,19-20H2,1-7H3. The van der Waals surface area contributed by atoms with E-state index >= 15 is 0 Å². The average molecular weight is 475 g/mol. The van der Waals surface area contributed by atoms with E-state index in [-0.39, 0.29) is 16.8 Å². The number of methoxy groups -OCH3 is 1. The molecule has 35 heavy (non-hydrogen) atoms. The van der Waals surface area contributed by atoms with Crippen molar-refractivity contribution in [3.05, 3.63) is 69.8 Å². The van der Waals surface area contributed by atoms with E-state index < -0.39 is 0 Å². The third-order valence-corrected chi connectivity index (χ3v) is 8.02. The maximum absolute atomic E-state index is 11.8. The van der Waals surface area contributed by atoms with Gasteiger partial charge in [-0.3, -0.25) is 0 Å². The van der Waals surface area contributed by atoms with Crippen LogP contribution in [0.1, 0.15) is 131 Å². The maximum atomic E-state index is 11.8. The highest BCUT2D eigenvalue weighted by atomic mass is 16.5. The Morgan fingerprint density at radius 3 is 2.06 bits per heavy atom. The van der Waals surface area contributed by atoms with Crippen LogP contribution in [0.25, 0.3) is 11.6 Å². The molecule has 190 valence electrons. The number of allylic oxidation sites excluding steroid dienone is 1. The topological polar surface area (TPSA) is 26.3 Å². The number of hydrogen-bond donors (Lipinski definition) is 0. The van der Waals surface area contributed by atoms with Crippen molar-refractivity contribution in [3.8, 4) is 0 Å². The van der Waals surface area contributed by atoms with Gasteiger partial charge in [0.15, 0.2) is 0 Å². The molecular weight excluding hydrogens is 428 g/mol. The van der Waals surface area contributed by atoms with Crippen LogP contribution in [-0.2, 0) is 22.0 Å². The monoisotopic (exact) mass is 474 g/mol. The third kappa shape index (κ3) is 6.66. The van der Waals surface area contributed by atoms with Gasteiger partial charge in [-0.25, -0.2) is 4.79 Å². The summed E-state index contributed by atoms with van der Waals surface area (Å²) in [5, 5.41) is 0. The van der Waals surface area contributed by atoms with Crippen molar-refractivity contribution in [2.24, 2.45) is 0 Å². The van der Waals surface area contributed by atoms with Gasteiger partial charge in [0.1, 0.15) is 0 Å². The summed E-state index contributed by atoms with van der Waals surface area (Å²) in [6, 6.07) is 12.8. The van der Waals surface area contributed by atoms with Crippen molar-refractivity contribution in [1.82, 2.24) is 0 Å². The van der Waals surface area contributed by atoms with Gasteiger partial charge in [0.05, 0.1) is 12.7 Å². The first-order valence-corrected chi connectivity index (χ1v) is 13.6. The molecule has 0 atom stereocenters. The van der Waals surface area contributed by atoms with Gasteiger partial charge < -0.3 is 4.74 Å². The van der Waals surface area contributed by atoms with Gasteiger partial charge in [0, 0.05) is 0 Å². The maximum Gasteiger partial charge on any atom is 0.337 e. The first kappa shape index (κ1) is 27.2. The number of hydrogen-bond acceptors (Lipinski definition) is 2. The third-order valence-electron chi connectivity index (χ3n) is 8.02. The molecule has 0 saturated carbocycles. The highest BCUT2D eigenvalue weighted by molar-refractivity contribution is 5.90. The second kappa shape index (κ2) is 11.6. The highest BCUT2D eigenvalue weighted by Crippen LogP contribution is 2.47. The fourth-order valence-electron chi connectivity index (χ4n) is 5.49. The van der Waals surface area contributed by atoms with Gasteiger partial charge in [-0.05, 0) is 89.0 Å². The van der Waals surface area contributed by atoms with Crippen molar-refractivity contribution in [3.63, 3.8) is 0 Å². The van der Waals surface area contributed by atoms with Gasteiger partial charge in [0.2, 0.25) is 0 Å². The van der Waals surface area contributed by atoms with Crippen LogP contribution < -0.4 is 0 Å². The van der Waals surface area contributed by atoms with Crippen molar-refractivity contribution in [2.45, 2.75) is 110 Å². The summed E-state index contributed by atoms with van der Waals surface area (Å²) in [7, 11) is 1.42. The van der Waals surface area contributed by atoms with Crippen molar-refractivity contribution < 1.29 is 9.53 Å². The Labute approximate surface area is 214 Å². The molecular formula is C33H46O2. The number of esters is 1. The normalized spacial score (nSPS) is 16.6. The average Bonchev–Trinajstić information content (AvgIpc) is 2.83. The number of fused-ring (bicyclic) bond motifs is 1. The molecule has 0 spiro atoms. The first-order chi connectivity index (χ1) is 16.6. The SMILES string of the molecule is CCCCCCCCc1cc2c(cc1C(C)=Cc1ccc(C(=O)OC)cc1)C(C)(C)CCC2(C)C. The molecule has 0 fully saturated rings. The largest absolute Gasteiger partial charge is 0.465 e. The second-order valence-electron chi connectivity index (χ2n) is 11.8. The van der Waals surface area contributed by atoms with Crippen LogP contribution in [0.3, 0.4) is 0 Å². The quantitative estimate of drug-likeness (QED) is 0.195. The minimum atomic E-state index is -0.294. The summed E-state index contributed by atoms with van der Waals surface area (Å²) in [5.41, 5.74) is 9.35. The molecule has 3 rings (SSSR count). The Bertz CT molecular complexity index is 1040. The molecule has 0 amide bonds. The zero-order chi connectivity index (χ0) is 25.6. The van der Waals surface area contributed by atoms with Gasteiger partial charge in [-0.1, -0.05) is 97.1 Å². The number of unbranched alkanes of at least 4 members (excludes halogenated alkanes) is 5. The Kier molecular flexibility index (Phi) is 9.02. The van der Waals surface area contributed by atoms with Gasteiger partial charge >= 0.3 is 5.97 Å². The Balaban J connectivity index is 1.97. The predicted molar refractivity (Wildman–Crippen MR) is 150 cm³/mol. The summed E-state index contributed by atoms with van der Waals surface area (Å²) in [4.78, 5) is 11.8. The number of ether oxygens (including phenoxy) is 1. The highest BCUT2D eigenvalue weighted by Gasteiger charge is 2.37. The first-order valence-electron chi connectivity index (χ1n) is 13.6. The van der Waals surface area contributed by atoms with Gasteiger partial charge in [0.25, 0.3) is 0 Å². The van der Waals surface area contributed by atoms with E-state index in [9.17, 15) is 4.79 Å². The van der Waals surface area contributed by atoms with E-state index in [0.717, 1.165) is 12.0 Å². The Morgan fingerprint density at radius 1 is 0.886 bits per heavy atom. The molecule has 0 saturated heterocycles. The van der Waals surface area contributed by atoms with E-state index in [4.69, 9.17) is 4.74 Å². The summed E-state index contributed by atoms with van der Waals surface area (Å²) in [5.74, 6) is -0.294. The van der Waals surface area contributed by atoms with Crippen LogP contribution >= 0.6 is 0 Å². The zero-order valence-corrected chi connectivity index (χ0v) is 23.2. The van der Waals surface area contributed by atoms with Crippen molar-refractivity contribution in [1.29, 1.82) is 0 Å². The predicted octanol–water partition coefficient (Wildman–Crippen LogP) is 9.29. The zero-order valence-electron chi connectivity index (χ0n) is 23.2. The second-order valence-corrected chi connectivity index (χ2v) is 11.8. The molecule has 0 unspecified atom stereocenters. The molecule has 1 aliphatic carbocycles. The lowest BCUT2D eigenvalue weighted by Crippen LogP contribution is -2.34. The lowest BCUT2D eigenvalue weighted by Gasteiger charge is -2.42. The number of carbonyl (C=O) groups excluding carboxylic acids is 1. The summed E-state index contributed by atoms with van der Waals surface area (Å²) in [6.07, 6.45) is 13.8. The van der Waals surface area contributed by atoms with Crippen molar-refractivity contribution in [2.75, 3.05) is 7.11 Å². The number of carbonyl (C=O) groups is 1. The molecule has 2 aromatic carbocycles. The minimum Gasteiger partial charge on any atom is -0.465 e. The van der Waals surface area contributed by atoms with Crippen LogP contribution in [0.15, 0.2) is 36.4 Å². The van der Waals surface area contributed by atoms with E-state index in [1.165, 1.54) is 80.7 Å². The summed E-state index contributed by atoms with van der Waals surface area (Å²) < 4.78 is 4.85. The molecule has 0 bridgehead atoms. The van der Waals surface area contributed by atoms with E-state index in [0.29, 0.717) is 5.56 Å². The number of rotatable bonds is 10. The summed E-state index contributed by atoms with van der Waals surface area (Å²) in [6.45, 7) is 14.2. The van der Waals surface area contributed by atoms with Crippen LogP contribution in [0.2, 0.25) is 0 Å². The molecule has 1 aliphatic rings. The molecule has 2 aromatic rings. The van der Waals surface area contributed by atoms with E-state index in [1.54, 1.807) is 5.56 Å². The Hall–Kier alpha value is -2.35. The minimum absolute atomic E-state index is 0.195. The van der Waals surface area contributed by atoms with Crippen LogP contribution in [0, 0.1) is 0 Å². The fourth-order valence-corrected chi connectivity index (χ4v) is 5.49. The summed E-state index contributed by atoms with van der Waals surface area (Å²) >= 11 is 0. The van der Waals surface area contributed by atoms with Gasteiger partial charge in [-0.15, -0.1) is 0 Å². The smallest absolute Gasteiger partial charge is 0.337 e. The van der Waals surface area contributed by atoms with E-state index in [2.05, 4.69) is 59.8 Å². The lowest BCUT2D eigenvalue weighted by atomic mass is 9.62. The molecule has 0 radical (unpaired) electrons. The molecule has 2 nitrogen and oxygen atoms in total. The van der Waals surface area contributed by atoms with Gasteiger partial charge in [-0.2, -0.15) is 0 Å². The number of benzene rings is 2. The van der Waals surface area contributed by atoms with Crippen molar-refractivity contribution >= 4 is 17.6 Å². The fraction of sp³-hybridized carbons (Fsp3) is 0.545. The van der Waals surface area contributed by atoms with E-state index in [1.807, 2.05) is 24.3 Å². The van der Waals surface area contributed by atoms with Crippen LogP contribution in [-0.4, -0.2) is 13.1 Å². The molecule has 0 aromatic heterocycles. The molecule has 0 heterocycles. The van der Waals surface area contributed by atoms with Crippen LogP contribution in [0.4, 0.5) is 0 Å². The lowest BCUT2D eigenvalue weighted by molar-refractivity contribution is 0.0600. The van der Waals surface area contributed by atoms with Crippen LogP contribution in [0.5, 0.6) is 0 Å². The number of aryl methyl sites for hydroxylation is 1.